The number of hydrogen-bond donors (Lipinski definition) is 1. The second-order valence-corrected chi connectivity index (χ2v) is 4.62. The van der Waals surface area contributed by atoms with Gasteiger partial charge in [-0.05, 0) is 35.9 Å². The van der Waals surface area contributed by atoms with Crippen molar-refractivity contribution in [2.75, 3.05) is 0 Å². The van der Waals surface area contributed by atoms with Gasteiger partial charge in [0, 0.05) is 11.5 Å². The third-order valence-electron chi connectivity index (χ3n) is 3.09. The lowest BCUT2D eigenvalue weighted by atomic mass is 10.1. The maximum atomic E-state index is 13.2. The van der Waals surface area contributed by atoms with Gasteiger partial charge in [0.1, 0.15) is 5.75 Å². The molecular weight excluding hydrogens is 272 g/mol. The summed E-state index contributed by atoms with van der Waals surface area (Å²) in [5.41, 5.74) is 1.95. The minimum Gasteiger partial charge on any atom is -0.508 e. The smallest absolute Gasteiger partial charge is 0.161 e. The van der Waals surface area contributed by atoms with Gasteiger partial charge in [-0.25, -0.2) is 13.8 Å². The predicted octanol–water partition coefficient (Wildman–Crippen LogP) is 4.39. The normalized spacial score (nSPS) is 11.3. The summed E-state index contributed by atoms with van der Waals surface area (Å²) in [5, 5.41) is 9.76. The lowest BCUT2D eigenvalue weighted by Crippen LogP contribution is -1.88. The molecule has 2 aromatic carbocycles. The Balaban J connectivity index is 1.94. The molecule has 21 heavy (non-hydrogen) atoms. The molecule has 1 aromatic heterocycles. The first-order chi connectivity index (χ1) is 10.1. The van der Waals surface area contributed by atoms with Crippen LogP contribution in [0.3, 0.4) is 0 Å². The SMILES string of the molecule is Oc1ccc(C=Cc2ccc3cc(F)c(F)cc3n2)cc1. The Morgan fingerprint density at radius 2 is 1.57 bits per heavy atom. The summed E-state index contributed by atoms with van der Waals surface area (Å²) in [6, 6.07) is 12.4. The summed E-state index contributed by atoms with van der Waals surface area (Å²) >= 11 is 0. The van der Waals surface area contributed by atoms with Crippen LogP contribution in [0.4, 0.5) is 8.78 Å². The summed E-state index contributed by atoms with van der Waals surface area (Å²) < 4.78 is 26.3. The average Bonchev–Trinajstić information content (AvgIpc) is 2.48. The number of halogens is 2. The topological polar surface area (TPSA) is 33.1 Å². The highest BCUT2D eigenvalue weighted by Gasteiger charge is 2.04. The monoisotopic (exact) mass is 283 g/mol. The second kappa shape index (κ2) is 5.32. The minimum absolute atomic E-state index is 0.202. The molecule has 0 unspecified atom stereocenters. The summed E-state index contributed by atoms with van der Waals surface area (Å²) in [7, 11) is 0. The highest BCUT2D eigenvalue weighted by Crippen LogP contribution is 2.18. The van der Waals surface area contributed by atoms with Crippen LogP contribution < -0.4 is 0 Å². The van der Waals surface area contributed by atoms with Gasteiger partial charge in [-0.15, -0.1) is 0 Å². The molecule has 104 valence electrons. The molecule has 0 spiro atoms. The molecule has 0 saturated heterocycles. The standard InChI is InChI=1S/C17H11F2NO/c18-15-9-12-4-6-13(20-17(12)10-16(15)19)5-1-11-2-7-14(21)8-3-11/h1-10,21H. The Hall–Kier alpha value is -2.75. The van der Waals surface area contributed by atoms with E-state index < -0.39 is 11.6 Å². The molecule has 0 aliphatic rings. The molecule has 3 aromatic rings. The second-order valence-electron chi connectivity index (χ2n) is 4.62. The molecule has 1 heterocycles. The van der Waals surface area contributed by atoms with Gasteiger partial charge in [0.2, 0.25) is 0 Å². The van der Waals surface area contributed by atoms with Gasteiger partial charge in [0.25, 0.3) is 0 Å². The van der Waals surface area contributed by atoms with Gasteiger partial charge in [0.05, 0.1) is 11.2 Å². The Kier molecular flexibility index (Phi) is 3.36. The Morgan fingerprint density at radius 3 is 2.33 bits per heavy atom. The van der Waals surface area contributed by atoms with Gasteiger partial charge in [-0.1, -0.05) is 24.3 Å². The maximum absolute atomic E-state index is 13.2. The van der Waals surface area contributed by atoms with Crippen LogP contribution in [0.15, 0.2) is 48.5 Å². The third kappa shape index (κ3) is 2.89. The summed E-state index contributed by atoms with van der Waals surface area (Å²) in [6.45, 7) is 0. The number of pyridine rings is 1. The Morgan fingerprint density at radius 1 is 0.857 bits per heavy atom. The van der Waals surface area contributed by atoms with E-state index in [2.05, 4.69) is 4.98 Å². The van der Waals surface area contributed by atoms with Crippen molar-refractivity contribution in [1.29, 1.82) is 0 Å². The molecule has 0 aliphatic heterocycles. The molecule has 4 heteroatoms. The van der Waals surface area contributed by atoms with Crippen LogP contribution in [0, 0.1) is 11.6 Å². The zero-order valence-electron chi connectivity index (χ0n) is 10.9. The molecule has 0 aliphatic carbocycles. The van der Waals surface area contributed by atoms with Crippen molar-refractivity contribution < 1.29 is 13.9 Å². The third-order valence-corrected chi connectivity index (χ3v) is 3.09. The number of aromatic hydroxyl groups is 1. The minimum atomic E-state index is -0.908. The first-order valence-electron chi connectivity index (χ1n) is 6.35. The van der Waals surface area contributed by atoms with E-state index >= 15 is 0 Å². The number of nitrogens with zero attached hydrogens (tertiary/aromatic N) is 1. The number of aromatic nitrogens is 1. The lowest BCUT2D eigenvalue weighted by Gasteiger charge is -2.01. The molecule has 3 rings (SSSR count). The lowest BCUT2D eigenvalue weighted by molar-refractivity contribution is 0.475. The molecule has 2 nitrogen and oxygen atoms in total. The molecule has 0 saturated carbocycles. The first-order valence-corrected chi connectivity index (χ1v) is 6.35. The molecule has 0 radical (unpaired) electrons. The number of hydrogen-bond acceptors (Lipinski definition) is 2. The summed E-state index contributed by atoms with van der Waals surface area (Å²) in [4.78, 5) is 4.27. The van der Waals surface area contributed by atoms with Crippen LogP contribution in [-0.4, -0.2) is 10.1 Å². The highest BCUT2D eigenvalue weighted by atomic mass is 19.2. The highest BCUT2D eigenvalue weighted by molar-refractivity contribution is 5.81. The van der Waals surface area contributed by atoms with E-state index in [1.165, 1.54) is 0 Å². The Bertz CT molecular complexity index is 826. The molecule has 0 amide bonds. The van der Waals surface area contributed by atoms with Gasteiger partial charge < -0.3 is 5.11 Å². The number of fused-ring (bicyclic) bond motifs is 1. The van der Waals surface area contributed by atoms with Crippen molar-refractivity contribution in [3.63, 3.8) is 0 Å². The van der Waals surface area contributed by atoms with Crippen LogP contribution in [0.25, 0.3) is 23.1 Å². The predicted molar refractivity (Wildman–Crippen MR) is 78.7 cm³/mol. The van der Waals surface area contributed by atoms with E-state index in [-0.39, 0.29) is 5.75 Å². The fraction of sp³-hybridized carbons (Fsp3) is 0. The molecular formula is C17H11F2NO. The van der Waals surface area contributed by atoms with Gasteiger partial charge in [-0.2, -0.15) is 0 Å². The number of benzene rings is 2. The van der Waals surface area contributed by atoms with Gasteiger partial charge in [0.15, 0.2) is 11.6 Å². The molecule has 0 bridgehead atoms. The quantitative estimate of drug-likeness (QED) is 0.756. The molecule has 0 fully saturated rings. The average molecular weight is 283 g/mol. The van der Waals surface area contributed by atoms with E-state index in [1.54, 1.807) is 42.5 Å². The first kappa shape index (κ1) is 13.2. The zero-order chi connectivity index (χ0) is 14.8. The fourth-order valence-electron chi connectivity index (χ4n) is 1.99. The van der Waals surface area contributed by atoms with Crippen LogP contribution in [0.5, 0.6) is 5.75 Å². The summed E-state index contributed by atoms with van der Waals surface area (Å²) in [5.74, 6) is -1.58. The largest absolute Gasteiger partial charge is 0.508 e. The molecule has 1 N–H and O–H groups in total. The molecule has 0 atom stereocenters. The van der Waals surface area contributed by atoms with Crippen molar-refractivity contribution in [1.82, 2.24) is 4.98 Å². The number of phenols is 1. The van der Waals surface area contributed by atoms with E-state index in [9.17, 15) is 13.9 Å². The van der Waals surface area contributed by atoms with Crippen molar-refractivity contribution in [2.24, 2.45) is 0 Å². The van der Waals surface area contributed by atoms with Gasteiger partial charge >= 0.3 is 0 Å². The zero-order valence-corrected chi connectivity index (χ0v) is 10.9. The van der Waals surface area contributed by atoms with Crippen molar-refractivity contribution >= 4 is 23.1 Å². The summed E-state index contributed by atoms with van der Waals surface area (Å²) in [6.07, 6.45) is 3.60. The number of phenolic OH excluding ortho intramolecular Hbond substituents is 1. The maximum Gasteiger partial charge on any atom is 0.161 e. The van der Waals surface area contributed by atoms with E-state index in [1.807, 2.05) is 6.08 Å². The van der Waals surface area contributed by atoms with Crippen molar-refractivity contribution in [3.05, 3.63) is 71.4 Å². The van der Waals surface area contributed by atoms with E-state index in [0.717, 1.165) is 17.7 Å². The van der Waals surface area contributed by atoms with Crippen molar-refractivity contribution in [2.45, 2.75) is 0 Å². The fourth-order valence-corrected chi connectivity index (χ4v) is 1.99. The van der Waals surface area contributed by atoms with Crippen LogP contribution in [0.2, 0.25) is 0 Å². The van der Waals surface area contributed by atoms with Crippen molar-refractivity contribution in [3.8, 4) is 5.75 Å². The van der Waals surface area contributed by atoms with Crippen LogP contribution in [-0.2, 0) is 0 Å². The van der Waals surface area contributed by atoms with E-state index in [4.69, 9.17) is 0 Å². The number of rotatable bonds is 2. The van der Waals surface area contributed by atoms with E-state index in [0.29, 0.717) is 16.6 Å². The van der Waals surface area contributed by atoms with Gasteiger partial charge in [-0.3, -0.25) is 0 Å². The van der Waals surface area contributed by atoms with Crippen LogP contribution >= 0.6 is 0 Å². The van der Waals surface area contributed by atoms with Crippen LogP contribution in [0.1, 0.15) is 11.3 Å². The Labute approximate surface area is 120 Å².